The van der Waals surface area contributed by atoms with Crippen LogP contribution in [0.2, 0.25) is 0 Å². The molecule has 0 radical (unpaired) electrons. The normalized spacial score (nSPS) is 26.1. The van der Waals surface area contributed by atoms with Gasteiger partial charge in [-0.2, -0.15) is 0 Å². The van der Waals surface area contributed by atoms with Gasteiger partial charge in [0.05, 0.1) is 5.69 Å². The molecule has 1 saturated carbocycles. The van der Waals surface area contributed by atoms with Crippen LogP contribution in [-0.2, 0) is 6.54 Å². The lowest BCUT2D eigenvalue weighted by atomic mass is 9.78. The lowest BCUT2D eigenvalue weighted by Crippen LogP contribution is -2.46. The Hall–Kier alpha value is -0.610. The second-order valence-corrected chi connectivity index (χ2v) is 7.93. The van der Waals surface area contributed by atoms with Crippen molar-refractivity contribution in [2.24, 2.45) is 11.8 Å². The quantitative estimate of drug-likeness (QED) is 0.889. The molecule has 4 heteroatoms. The summed E-state index contributed by atoms with van der Waals surface area (Å²) in [5, 5.41) is 7.02. The summed E-state index contributed by atoms with van der Waals surface area (Å²) in [4.78, 5) is 7.53. The highest BCUT2D eigenvalue weighted by Gasteiger charge is 2.34. The van der Waals surface area contributed by atoms with E-state index in [0.717, 1.165) is 25.0 Å². The molecule has 2 aliphatic rings. The van der Waals surface area contributed by atoms with Crippen molar-refractivity contribution in [1.29, 1.82) is 0 Å². The van der Waals surface area contributed by atoms with E-state index in [9.17, 15) is 0 Å². The molecule has 2 fully saturated rings. The Bertz CT molecular complexity index is 441. The molecule has 21 heavy (non-hydrogen) atoms. The van der Waals surface area contributed by atoms with Crippen LogP contribution in [0.5, 0.6) is 0 Å². The predicted molar refractivity (Wildman–Crippen MR) is 91.0 cm³/mol. The molecule has 3 nitrogen and oxygen atoms in total. The van der Waals surface area contributed by atoms with Crippen molar-refractivity contribution in [3.05, 3.63) is 11.1 Å². The Balaban J connectivity index is 1.61. The fraction of sp³-hybridized carbons (Fsp3) is 0.824. The predicted octanol–water partition coefficient (Wildman–Crippen LogP) is 4.05. The summed E-state index contributed by atoms with van der Waals surface area (Å²) in [7, 11) is 0. The fourth-order valence-corrected chi connectivity index (χ4v) is 4.77. The van der Waals surface area contributed by atoms with Gasteiger partial charge in [-0.05, 0) is 44.1 Å². The van der Waals surface area contributed by atoms with E-state index in [-0.39, 0.29) is 0 Å². The Morgan fingerprint density at radius 3 is 2.95 bits per heavy atom. The molecular weight excluding hydrogens is 278 g/mol. The average Bonchev–Trinajstić information content (AvgIpc) is 2.95. The van der Waals surface area contributed by atoms with Crippen molar-refractivity contribution in [1.82, 2.24) is 10.3 Å². The second-order valence-electron chi connectivity index (χ2n) is 7.09. The summed E-state index contributed by atoms with van der Waals surface area (Å²) in [6, 6.07) is 0.773. The number of aromatic nitrogens is 1. The van der Waals surface area contributed by atoms with E-state index >= 15 is 0 Å². The Morgan fingerprint density at radius 2 is 2.10 bits per heavy atom. The van der Waals surface area contributed by atoms with Crippen molar-refractivity contribution in [3.63, 3.8) is 0 Å². The molecule has 1 aliphatic carbocycles. The summed E-state index contributed by atoms with van der Waals surface area (Å²) in [5.74, 6) is 1.63. The number of nitrogens with one attached hydrogen (secondary N) is 1. The highest BCUT2D eigenvalue weighted by atomic mass is 32.1. The lowest BCUT2D eigenvalue weighted by Gasteiger charge is -2.44. The van der Waals surface area contributed by atoms with Crippen LogP contribution in [0.3, 0.4) is 0 Å². The number of piperidine rings is 1. The molecule has 2 atom stereocenters. The molecule has 0 spiro atoms. The maximum atomic E-state index is 4.90. The monoisotopic (exact) mass is 307 g/mol. The maximum Gasteiger partial charge on any atom is 0.185 e. The molecule has 3 rings (SSSR count). The van der Waals surface area contributed by atoms with E-state index in [1.165, 1.54) is 55.9 Å². The van der Waals surface area contributed by atoms with Crippen LogP contribution in [-0.4, -0.2) is 24.1 Å². The van der Waals surface area contributed by atoms with Crippen molar-refractivity contribution in [2.75, 3.05) is 18.0 Å². The molecule has 0 bridgehead atoms. The van der Waals surface area contributed by atoms with E-state index in [1.807, 2.05) is 11.3 Å². The van der Waals surface area contributed by atoms with Crippen molar-refractivity contribution in [3.8, 4) is 0 Å². The molecule has 0 unspecified atom stereocenters. The van der Waals surface area contributed by atoms with Crippen LogP contribution in [0, 0.1) is 11.8 Å². The van der Waals surface area contributed by atoms with Gasteiger partial charge in [0, 0.05) is 24.5 Å². The topological polar surface area (TPSA) is 28.2 Å². The van der Waals surface area contributed by atoms with Gasteiger partial charge in [-0.1, -0.05) is 26.7 Å². The highest BCUT2D eigenvalue weighted by Crippen LogP contribution is 2.38. The molecule has 1 aliphatic heterocycles. The van der Waals surface area contributed by atoms with Gasteiger partial charge >= 0.3 is 0 Å². The van der Waals surface area contributed by atoms with Gasteiger partial charge in [-0.15, -0.1) is 11.3 Å². The van der Waals surface area contributed by atoms with Gasteiger partial charge in [0.1, 0.15) is 0 Å². The van der Waals surface area contributed by atoms with E-state index in [4.69, 9.17) is 4.98 Å². The minimum Gasteiger partial charge on any atom is -0.345 e. The molecule has 1 N–H and O–H groups in total. The van der Waals surface area contributed by atoms with Gasteiger partial charge in [0.15, 0.2) is 5.13 Å². The SMILES string of the molecule is CC(C)CNCc1csc(N2CCC[C@H]3CCCC[C@H]32)n1. The van der Waals surface area contributed by atoms with Gasteiger partial charge in [-0.25, -0.2) is 4.98 Å². The van der Waals surface area contributed by atoms with Crippen LogP contribution in [0.4, 0.5) is 5.13 Å². The summed E-state index contributed by atoms with van der Waals surface area (Å²) < 4.78 is 0. The number of hydrogen-bond donors (Lipinski definition) is 1. The Morgan fingerprint density at radius 1 is 1.29 bits per heavy atom. The first-order valence-corrected chi connectivity index (χ1v) is 9.54. The van der Waals surface area contributed by atoms with Crippen LogP contribution >= 0.6 is 11.3 Å². The lowest BCUT2D eigenvalue weighted by molar-refractivity contribution is 0.243. The first kappa shape index (κ1) is 15.3. The number of thiazole rings is 1. The number of anilines is 1. The zero-order valence-corrected chi connectivity index (χ0v) is 14.3. The number of fused-ring (bicyclic) bond motifs is 1. The van der Waals surface area contributed by atoms with Crippen molar-refractivity contribution >= 4 is 16.5 Å². The zero-order chi connectivity index (χ0) is 14.7. The van der Waals surface area contributed by atoms with Gasteiger partial charge in [0.25, 0.3) is 0 Å². The first-order chi connectivity index (χ1) is 10.2. The van der Waals surface area contributed by atoms with Crippen LogP contribution < -0.4 is 10.2 Å². The minimum atomic E-state index is 0.702. The van der Waals surface area contributed by atoms with Crippen molar-refractivity contribution in [2.45, 2.75) is 65.0 Å². The van der Waals surface area contributed by atoms with Crippen molar-refractivity contribution < 1.29 is 0 Å². The van der Waals surface area contributed by atoms with Gasteiger partial charge in [-0.3, -0.25) is 0 Å². The molecule has 1 aromatic rings. The molecular formula is C17H29N3S. The minimum absolute atomic E-state index is 0.702. The average molecular weight is 308 g/mol. The number of hydrogen-bond acceptors (Lipinski definition) is 4. The summed E-state index contributed by atoms with van der Waals surface area (Å²) in [5.41, 5.74) is 1.22. The fourth-order valence-electron chi connectivity index (χ4n) is 3.86. The summed E-state index contributed by atoms with van der Waals surface area (Å²) in [6.45, 7) is 7.69. The molecule has 2 heterocycles. The molecule has 1 aromatic heterocycles. The van der Waals surface area contributed by atoms with E-state index in [0.29, 0.717) is 5.92 Å². The van der Waals surface area contributed by atoms with Gasteiger partial charge < -0.3 is 10.2 Å². The van der Waals surface area contributed by atoms with Crippen LogP contribution in [0.25, 0.3) is 0 Å². The summed E-state index contributed by atoms with van der Waals surface area (Å²) in [6.07, 6.45) is 8.46. The summed E-state index contributed by atoms with van der Waals surface area (Å²) >= 11 is 1.85. The van der Waals surface area contributed by atoms with Crippen LogP contribution in [0.1, 0.15) is 58.1 Å². The number of rotatable bonds is 5. The molecule has 1 saturated heterocycles. The maximum absolute atomic E-state index is 4.90. The second kappa shape index (κ2) is 7.10. The third kappa shape index (κ3) is 3.78. The largest absolute Gasteiger partial charge is 0.345 e. The smallest absolute Gasteiger partial charge is 0.185 e. The van der Waals surface area contributed by atoms with Crippen LogP contribution in [0.15, 0.2) is 5.38 Å². The third-order valence-electron chi connectivity index (χ3n) is 4.89. The first-order valence-electron chi connectivity index (χ1n) is 8.66. The van der Waals surface area contributed by atoms with E-state index < -0.39 is 0 Å². The zero-order valence-electron chi connectivity index (χ0n) is 13.5. The Labute approximate surface area is 133 Å². The molecule has 0 amide bonds. The van der Waals surface area contributed by atoms with E-state index in [2.05, 4.69) is 29.4 Å². The van der Waals surface area contributed by atoms with Gasteiger partial charge in [0.2, 0.25) is 0 Å². The van der Waals surface area contributed by atoms with E-state index in [1.54, 1.807) is 0 Å². The standard InChI is InChI=1S/C17H29N3S/c1-13(2)10-18-11-15-12-21-17(19-15)20-9-5-7-14-6-3-4-8-16(14)20/h12-14,16,18H,3-11H2,1-2H3/t14-,16-/m1/s1. The highest BCUT2D eigenvalue weighted by molar-refractivity contribution is 7.13. The third-order valence-corrected chi connectivity index (χ3v) is 5.81. The number of nitrogens with zero attached hydrogens (tertiary/aromatic N) is 2. The molecule has 118 valence electrons. The Kier molecular flexibility index (Phi) is 5.17. The molecule has 0 aromatic carbocycles.